The first-order chi connectivity index (χ1) is 13.0. The second-order valence-electron chi connectivity index (χ2n) is 6.72. The number of nitrogens with two attached hydrogens (primary N) is 1. The minimum absolute atomic E-state index is 0.0708. The molecule has 0 spiro atoms. The number of aromatic nitrogens is 2. The molecule has 27 heavy (non-hydrogen) atoms. The molecule has 0 bridgehead atoms. The van der Waals surface area contributed by atoms with Crippen LogP contribution in [0.5, 0.6) is 0 Å². The van der Waals surface area contributed by atoms with Crippen molar-refractivity contribution in [1.82, 2.24) is 10.2 Å². The molecular weight excluding hydrogens is 350 g/mol. The van der Waals surface area contributed by atoms with Crippen LogP contribution in [0.1, 0.15) is 24.1 Å². The fourth-order valence-electron chi connectivity index (χ4n) is 2.92. The Kier molecular flexibility index (Phi) is 4.45. The van der Waals surface area contributed by atoms with E-state index in [2.05, 4.69) is 15.5 Å². The average Bonchev–Trinajstić information content (AvgIpc) is 3.43. The zero-order valence-corrected chi connectivity index (χ0v) is 14.4. The summed E-state index contributed by atoms with van der Waals surface area (Å²) in [6, 6.07) is 8.23. The van der Waals surface area contributed by atoms with Crippen molar-refractivity contribution in [3.05, 3.63) is 59.3 Å². The van der Waals surface area contributed by atoms with E-state index >= 15 is 0 Å². The summed E-state index contributed by atoms with van der Waals surface area (Å²) in [4.78, 5) is 12.2. The quantitative estimate of drug-likeness (QED) is 0.642. The van der Waals surface area contributed by atoms with Gasteiger partial charge in [-0.25, -0.2) is 8.78 Å². The van der Waals surface area contributed by atoms with E-state index in [0.29, 0.717) is 16.6 Å². The van der Waals surface area contributed by atoms with E-state index in [1.54, 1.807) is 24.3 Å². The van der Waals surface area contributed by atoms with Crippen LogP contribution in [0, 0.1) is 17.6 Å². The van der Waals surface area contributed by atoms with Crippen LogP contribution in [0.25, 0.3) is 23.1 Å². The summed E-state index contributed by atoms with van der Waals surface area (Å²) in [7, 11) is 0. The molecule has 4 rings (SSSR count). The molecule has 4 N–H and O–H groups in total. The average molecular weight is 368 g/mol. The van der Waals surface area contributed by atoms with Gasteiger partial charge in [-0.05, 0) is 48.6 Å². The molecule has 0 radical (unpaired) electrons. The summed E-state index contributed by atoms with van der Waals surface area (Å²) < 4.78 is 27.3. The van der Waals surface area contributed by atoms with E-state index in [0.717, 1.165) is 18.4 Å². The monoisotopic (exact) mass is 368 g/mol. The number of halogens is 2. The fourth-order valence-corrected chi connectivity index (χ4v) is 2.92. The molecule has 1 aliphatic carbocycles. The highest BCUT2D eigenvalue weighted by molar-refractivity contribution is 5.98. The number of aromatic amines is 1. The number of nitrogens with one attached hydrogen (secondary N) is 2. The SMILES string of the molecule is NC(C(=O)Nc1cc2c(/C=C/c3ccc(F)cc3)n[nH]c2cc1F)C1CC1. The van der Waals surface area contributed by atoms with Crippen molar-refractivity contribution in [3.8, 4) is 0 Å². The van der Waals surface area contributed by atoms with Crippen LogP contribution in [0.15, 0.2) is 36.4 Å². The van der Waals surface area contributed by atoms with Gasteiger partial charge in [0.15, 0.2) is 0 Å². The lowest BCUT2D eigenvalue weighted by Crippen LogP contribution is -2.37. The van der Waals surface area contributed by atoms with Crippen molar-refractivity contribution in [1.29, 1.82) is 0 Å². The van der Waals surface area contributed by atoms with Crippen molar-refractivity contribution < 1.29 is 13.6 Å². The Bertz CT molecular complexity index is 1020. The molecule has 1 fully saturated rings. The van der Waals surface area contributed by atoms with Crippen LogP contribution < -0.4 is 11.1 Å². The second-order valence-corrected chi connectivity index (χ2v) is 6.72. The van der Waals surface area contributed by atoms with Crippen molar-refractivity contribution in [3.63, 3.8) is 0 Å². The number of hydrogen-bond donors (Lipinski definition) is 3. The number of anilines is 1. The van der Waals surface area contributed by atoms with Crippen molar-refractivity contribution in [2.75, 3.05) is 5.32 Å². The number of nitrogens with zero attached hydrogens (tertiary/aromatic N) is 1. The number of amides is 1. The maximum Gasteiger partial charge on any atom is 0.241 e. The van der Waals surface area contributed by atoms with Gasteiger partial charge in [0.1, 0.15) is 11.6 Å². The Morgan fingerprint density at radius 1 is 1.22 bits per heavy atom. The van der Waals surface area contributed by atoms with E-state index in [1.807, 2.05) is 0 Å². The molecule has 1 unspecified atom stereocenters. The van der Waals surface area contributed by atoms with Crippen molar-refractivity contribution >= 4 is 34.6 Å². The predicted octanol–water partition coefficient (Wildman–Crippen LogP) is 3.69. The third-order valence-corrected chi connectivity index (χ3v) is 4.67. The topological polar surface area (TPSA) is 83.8 Å². The molecule has 1 saturated carbocycles. The van der Waals surface area contributed by atoms with Gasteiger partial charge in [-0.2, -0.15) is 5.10 Å². The largest absolute Gasteiger partial charge is 0.322 e. The predicted molar refractivity (Wildman–Crippen MR) is 101 cm³/mol. The summed E-state index contributed by atoms with van der Waals surface area (Å²) in [5.41, 5.74) is 7.84. The molecule has 3 aromatic rings. The minimum Gasteiger partial charge on any atom is -0.322 e. The van der Waals surface area contributed by atoms with Gasteiger partial charge < -0.3 is 11.1 Å². The smallest absolute Gasteiger partial charge is 0.241 e. The van der Waals surface area contributed by atoms with Crippen LogP contribution in [-0.4, -0.2) is 22.1 Å². The highest BCUT2D eigenvalue weighted by Gasteiger charge is 2.33. The highest BCUT2D eigenvalue weighted by Crippen LogP contribution is 2.32. The van der Waals surface area contributed by atoms with Crippen LogP contribution in [-0.2, 0) is 4.79 Å². The first-order valence-corrected chi connectivity index (χ1v) is 8.69. The molecule has 1 amide bonds. The molecule has 5 nitrogen and oxygen atoms in total. The Hall–Kier alpha value is -3.06. The van der Waals surface area contributed by atoms with Crippen molar-refractivity contribution in [2.24, 2.45) is 11.7 Å². The fraction of sp³-hybridized carbons (Fsp3) is 0.200. The van der Waals surface area contributed by atoms with E-state index in [9.17, 15) is 13.6 Å². The van der Waals surface area contributed by atoms with Gasteiger partial charge in [0.05, 0.1) is 22.9 Å². The molecule has 0 saturated heterocycles. The summed E-state index contributed by atoms with van der Waals surface area (Å²) in [5.74, 6) is -1.07. The normalized spacial score (nSPS) is 15.4. The van der Waals surface area contributed by atoms with Gasteiger partial charge in [-0.15, -0.1) is 0 Å². The van der Waals surface area contributed by atoms with Crippen LogP contribution in [0.4, 0.5) is 14.5 Å². The third-order valence-electron chi connectivity index (χ3n) is 4.67. The van der Waals surface area contributed by atoms with Crippen molar-refractivity contribution in [2.45, 2.75) is 18.9 Å². The van der Waals surface area contributed by atoms with Gasteiger partial charge in [0.2, 0.25) is 5.91 Å². The van der Waals surface area contributed by atoms with Gasteiger partial charge in [0, 0.05) is 11.5 Å². The van der Waals surface area contributed by atoms with Gasteiger partial charge in [0.25, 0.3) is 0 Å². The Balaban J connectivity index is 1.61. The summed E-state index contributed by atoms with van der Waals surface area (Å²) >= 11 is 0. The number of benzene rings is 2. The summed E-state index contributed by atoms with van der Waals surface area (Å²) in [5, 5.41) is 10.2. The van der Waals surface area contributed by atoms with Gasteiger partial charge in [-0.1, -0.05) is 18.2 Å². The Morgan fingerprint density at radius 2 is 1.96 bits per heavy atom. The number of hydrogen-bond acceptors (Lipinski definition) is 3. The number of carbonyl (C=O) groups is 1. The number of H-pyrrole nitrogens is 1. The molecule has 1 heterocycles. The number of carbonyl (C=O) groups excluding carboxylic acids is 1. The molecule has 2 aromatic carbocycles. The van der Waals surface area contributed by atoms with E-state index in [4.69, 9.17) is 5.73 Å². The maximum atomic E-state index is 14.3. The third kappa shape index (κ3) is 3.73. The number of fused-ring (bicyclic) bond motifs is 1. The second kappa shape index (κ2) is 6.92. The lowest BCUT2D eigenvalue weighted by molar-refractivity contribution is -0.117. The van der Waals surface area contributed by atoms with Gasteiger partial charge in [-0.3, -0.25) is 9.89 Å². The Labute approximate surface area is 154 Å². The molecule has 1 atom stereocenters. The molecule has 1 aromatic heterocycles. The molecule has 1 aliphatic rings. The zero-order chi connectivity index (χ0) is 19.0. The summed E-state index contributed by atoms with van der Waals surface area (Å²) in [6.45, 7) is 0. The summed E-state index contributed by atoms with van der Waals surface area (Å²) in [6.07, 6.45) is 5.37. The first-order valence-electron chi connectivity index (χ1n) is 8.69. The molecule has 138 valence electrons. The van der Waals surface area contributed by atoms with Crippen LogP contribution in [0.3, 0.4) is 0 Å². The van der Waals surface area contributed by atoms with E-state index in [1.165, 1.54) is 24.3 Å². The zero-order valence-electron chi connectivity index (χ0n) is 14.4. The lowest BCUT2D eigenvalue weighted by Gasteiger charge is -2.12. The van der Waals surface area contributed by atoms with Gasteiger partial charge >= 0.3 is 0 Å². The molecular formula is C20H18F2N4O. The lowest BCUT2D eigenvalue weighted by atomic mass is 10.1. The van der Waals surface area contributed by atoms with Crippen LogP contribution >= 0.6 is 0 Å². The minimum atomic E-state index is -0.623. The Morgan fingerprint density at radius 3 is 2.67 bits per heavy atom. The maximum absolute atomic E-state index is 14.3. The van der Waals surface area contributed by atoms with E-state index < -0.39 is 11.9 Å². The standard InChI is InChI=1S/C20H18F2N4O/c21-13-6-1-11(2-7-13)3-8-16-14-9-18(15(22)10-17(14)26-25-16)24-20(27)19(23)12-4-5-12/h1-3,6-10,12,19H,4-5,23H2,(H,24,27)(H,25,26)/b8-3+. The highest BCUT2D eigenvalue weighted by atomic mass is 19.1. The van der Waals surface area contributed by atoms with E-state index in [-0.39, 0.29) is 23.3 Å². The van der Waals surface area contributed by atoms with Crippen LogP contribution in [0.2, 0.25) is 0 Å². The molecule has 0 aliphatic heterocycles. The molecule has 7 heteroatoms. The number of rotatable bonds is 5. The first kappa shape index (κ1) is 17.4.